The van der Waals surface area contributed by atoms with E-state index >= 15 is 0 Å². The molecule has 138 valence electrons. The van der Waals surface area contributed by atoms with Crippen LogP contribution in [-0.4, -0.2) is 57.6 Å². The summed E-state index contributed by atoms with van der Waals surface area (Å²) in [7, 11) is 0. The molecule has 5 atom stereocenters. The smallest absolute Gasteiger partial charge is 0.351 e. The molecule has 0 aromatic carbocycles. The van der Waals surface area contributed by atoms with Gasteiger partial charge in [-0.25, -0.2) is 4.79 Å². The molecule has 0 radical (unpaired) electrons. The fourth-order valence-electron chi connectivity index (χ4n) is 3.67. The van der Waals surface area contributed by atoms with Gasteiger partial charge in [-0.15, -0.1) is 0 Å². The van der Waals surface area contributed by atoms with Gasteiger partial charge < -0.3 is 25.6 Å². The fourth-order valence-corrected chi connectivity index (χ4v) is 3.67. The number of aliphatic hydroxyl groups is 1. The van der Waals surface area contributed by atoms with Crippen molar-refractivity contribution in [3.63, 3.8) is 0 Å². The van der Waals surface area contributed by atoms with E-state index in [0.717, 1.165) is 19.0 Å². The summed E-state index contributed by atoms with van der Waals surface area (Å²) in [4.78, 5) is 15.3. The van der Waals surface area contributed by atoms with Crippen molar-refractivity contribution in [1.82, 2.24) is 14.9 Å². The number of hydrogen-bond donors (Lipinski definition) is 3. The highest BCUT2D eigenvalue weighted by molar-refractivity contribution is 5.26. The lowest BCUT2D eigenvalue weighted by atomic mass is 10.1. The second-order valence-corrected chi connectivity index (χ2v) is 6.84. The number of alkyl halides is 2. The van der Waals surface area contributed by atoms with Crippen molar-refractivity contribution in [2.24, 2.45) is 0 Å². The molecule has 8 nitrogen and oxygen atoms in total. The Kier molecular flexibility index (Phi) is 3.83. The zero-order valence-electron chi connectivity index (χ0n) is 13.4. The van der Waals surface area contributed by atoms with Gasteiger partial charge in [0.05, 0.1) is 6.10 Å². The first-order valence-electron chi connectivity index (χ1n) is 8.28. The number of ether oxygens (including phenoxy) is 2. The summed E-state index contributed by atoms with van der Waals surface area (Å²) in [5.74, 6) is -3.69. The van der Waals surface area contributed by atoms with Crippen LogP contribution in [0.3, 0.4) is 0 Å². The molecule has 3 unspecified atom stereocenters. The van der Waals surface area contributed by atoms with Crippen LogP contribution in [0.15, 0.2) is 17.1 Å². The zero-order chi connectivity index (χ0) is 17.8. The van der Waals surface area contributed by atoms with Gasteiger partial charge in [-0.05, 0) is 25.3 Å². The van der Waals surface area contributed by atoms with E-state index in [-0.39, 0.29) is 18.3 Å². The molecule has 2 saturated heterocycles. The van der Waals surface area contributed by atoms with Gasteiger partial charge in [0.2, 0.25) is 6.23 Å². The lowest BCUT2D eigenvalue weighted by molar-refractivity contribution is -0.141. The van der Waals surface area contributed by atoms with Crippen molar-refractivity contribution in [2.75, 3.05) is 18.9 Å². The molecule has 3 heterocycles. The predicted molar refractivity (Wildman–Crippen MR) is 82.1 cm³/mol. The number of rotatable bonds is 4. The minimum atomic E-state index is -3.62. The summed E-state index contributed by atoms with van der Waals surface area (Å²) < 4.78 is 40.8. The molecule has 3 aliphatic rings. The Morgan fingerprint density at radius 1 is 1.52 bits per heavy atom. The number of aliphatic hydroxyl groups excluding tert-OH is 1. The van der Waals surface area contributed by atoms with Gasteiger partial charge in [0.15, 0.2) is 6.10 Å². The first kappa shape index (κ1) is 16.8. The molecule has 1 spiro atoms. The van der Waals surface area contributed by atoms with E-state index in [2.05, 4.69) is 10.3 Å². The lowest BCUT2D eigenvalue weighted by Gasteiger charge is -2.20. The minimum absolute atomic E-state index is 0.0522. The summed E-state index contributed by atoms with van der Waals surface area (Å²) >= 11 is 0. The van der Waals surface area contributed by atoms with Crippen LogP contribution in [0.25, 0.3) is 0 Å². The third kappa shape index (κ3) is 2.64. The summed E-state index contributed by atoms with van der Waals surface area (Å²) in [6, 6.07) is 0.818. The number of nitrogens with two attached hydrogens (primary N) is 1. The molecule has 25 heavy (non-hydrogen) atoms. The molecule has 4 N–H and O–H groups in total. The van der Waals surface area contributed by atoms with Crippen molar-refractivity contribution in [3.8, 4) is 0 Å². The van der Waals surface area contributed by atoms with Crippen molar-refractivity contribution in [3.05, 3.63) is 22.7 Å². The Morgan fingerprint density at radius 2 is 2.32 bits per heavy atom. The first-order valence-corrected chi connectivity index (χ1v) is 8.28. The number of anilines is 1. The van der Waals surface area contributed by atoms with Crippen LogP contribution in [0, 0.1) is 0 Å². The second kappa shape index (κ2) is 5.70. The Hall–Kier alpha value is -1.62. The monoisotopic (exact) mass is 358 g/mol. The van der Waals surface area contributed by atoms with Crippen molar-refractivity contribution < 1.29 is 23.4 Å². The van der Waals surface area contributed by atoms with Crippen LogP contribution >= 0.6 is 0 Å². The highest BCUT2D eigenvalue weighted by Crippen LogP contribution is 2.58. The van der Waals surface area contributed by atoms with Gasteiger partial charge in [0.25, 0.3) is 0 Å². The third-order valence-electron chi connectivity index (χ3n) is 5.16. The summed E-state index contributed by atoms with van der Waals surface area (Å²) in [5.41, 5.74) is 3.03. The van der Waals surface area contributed by atoms with E-state index in [1.165, 1.54) is 6.07 Å². The SMILES string of the molecule is Nc1ccn([C@@H]2OC3(CC3NCC3CCCO3)[C@@H](O)C2(F)F)c(=O)n1. The van der Waals surface area contributed by atoms with Gasteiger partial charge in [-0.2, -0.15) is 13.8 Å². The van der Waals surface area contributed by atoms with Crippen LogP contribution in [0.4, 0.5) is 14.6 Å². The average molecular weight is 358 g/mol. The summed E-state index contributed by atoms with van der Waals surface area (Å²) in [6.07, 6.45) is -0.642. The quantitative estimate of drug-likeness (QED) is 0.673. The van der Waals surface area contributed by atoms with Crippen LogP contribution in [-0.2, 0) is 9.47 Å². The molecule has 2 aliphatic heterocycles. The van der Waals surface area contributed by atoms with Gasteiger partial charge in [0, 0.05) is 25.4 Å². The van der Waals surface area contributed by atoms with Gasteiger partial charge in [0.1, 0.15) is 11.4 Å². The van der Waals surface area contributed by atoms with Crippen LogP contribution in [0.1, 0.15) is 25.5 Å². The van der Waals surface area contributed by atoms with E-state index < -0.39 is 35.6 Å². The Morgan fingerprint density at radius 3 is 3.00 bits per heavy atom. The average Bonchev–Trinajstić information content (AvgIpc) is 2.92. The lowest BCUT2D eigenvalue weighted by Crippen LogP contribution is -2.44. The van der Waals surface area contributed by atoms with E-state index in [4.69, 9.17) is 15.2 Å². The largest absolute Gasteiger partial charge is 0.384 e. The number of nitrogens with zero attached hydrogens (tertiary/aromatic N) is 2. The highest BCUT2D eigenvalue weighted by Gasteiger charge is 2.76. The number of halogens is 2. The van der Waals surface area contributed by atoms with Crippen molar-refractivity contribution in [2.45, 2.75) is 55.3 Å². The Labute approximate surface area is 141 Å². The molecule has 1 aliphatic carbocycles. The molecule has 1 aromatic rings. The van der Waals surface area contributed by atoms with Gasteiger partial charge in [-0.3, -0.25) is 4.57 Å². The Bertz CT molecular complexity index is 724. The summed E-state index contributed by atoms with van der Waals surface area (Å²) in [6.45, 7) is 1.22. The molecule has 1 saturated carbocycles. The molecule has 0 amide bonds. The van der Waals surface area contributed by atoms with Gasteiger partial charge in [-0.1, -0.05) is 0 Å². The van der Waals surface area contributed by atoms with E-state index in [0.29, 0.717) is 17.7 Å². The van der Waals surface area contributed by atoms with E-state index in [1.807, 2.05) is 0 Å². The van der Waals surface area contributed by atoms with E-state index in [9.17, 15) is 18.7 Å². The Balaban J connectivity index is 1.51. The molecule has 10 heteroatoms. The predicted octanol–water partition coefficient (Wildman–Crippen LogP) is -0.370. The van der Waals surface area contributed by atoms with Crippen LogP contribution in [0.5, 0.6) is 0 Å². The third-order valence-corrected chi connectivity index (χ3v) is 5.16. The standard InChI is InChI=1S/C15H20F2N4O4/c16-15(17)11(22)14(6-9(14)19-7-8-2-1-5-24-8)25-12(15)21-4-3-10(18)20-13(21)23/h3-4,8-9,11-12,19,22H,1-2,5-7H2,(H2,18,20,23)/t8?,9?,11-,12-,14?/m1/s1. The first-order chi connectivity index (χ1) is 11.8. The number of nitrogens with one attached hydrogen (secondary N) is 1. The number of hydrogen-bond acceptors (Lipinski definition) is 7. The van der Waals surface area contributed by atoms with Crippen molar-refractivity contribution >= 4 is 5.82 Å². The maximum Gasteiger partial charge on any atom is 0.351 e. The highest BCUT2D eigenvalue weighted by atomic mass is 19.3. The molecular formula is C15H20F2N4O4. The second-order valence-electron chi connectivity index (χ2n) is 6.84. The van der Waals surface area contributed by atoms with Crippen molar-refractivity contribution in [1.29, 1.82) is 0 Å². The normalized spacial score (nSPS) is 39.2. The molecule has 1 aromatic heterocycles. The number of aromatic nitrogens is 2. The molecule has 4 rings (SSSR count). The number of nitrogen functional groups attached to an aromatic ring is 1. The maximum atomic E-state index is 14.6. The fraction of sp³-hybridized carbons (Fsp3) is 0.733. The van der Waals surface area contributed by atoms with E-state index in [1.54, 1.807) is 0 Å². The molecule has 0 bridgehead atoms. The van der Waals surface area contributed by atoms with Crippen LogP contribution < -0.4 is 16.7 Å². The molecule has 3 fully saturated rings. The molecular weight excluding hydrogens is 338 g/mol. The maximum absolute atomic E-state index is 14.6. The van der Waals surface area contributed by atoms with Gasteiger partial charge >= 0.3 is 11.6 Å². The topological polar surface area (TPSA) is 112 Å². The zero-order valence-corrected chi connectivity index (χ0v) is 13.4. The summed E-state index contributed by atoms with van der Waals surface area (Å²) in [5, 5.41) is 13.3. The van der Waals surface area contributed by atoms with Crippen LogP contribution in [0.2, 0.25) is 0 Å². The minimum Gasteiger partial charge on any atom is -0.384 e.